The van der Waals surface area contributed by atoms with Crippen molar-refractivity contribution in [3.8, 4) is 0 Å². The van der Waals surface area contributed by atoms with Crippen molar-refractivity contribution in [3.05, 3.63) is 64.7 Å². The number of hydrogen-bond donors (Lipinski definition) is 2. The van der Waals surface area contributed by atoms with E-state index in [9.17, 15) is 18.0 Å². The fourth-order valence-corrected chi connectivity index (χ4v) is 3.26. The highest BCUT2D eigenvalue weighted by molar-refractivity contribution is 7.90. The predicted molar refractivity (Wildman–Crippen MR) is 104 cm³/mol. The van der Waals surface area contributed by atoms with Crippen LogP contribution in [0.1, 0.15) is 35.8 Å². The average Bonchev–Trinajstić information content (AvgIpc) is 2.61. The Morgan fingerprint density at radius 3 is 2.11 bits per heavy atom. The first-order chi connectivity index (χ1) is 12.6. The number of carbonyl (C=O) groups excluding carboxylic acids is 2. The van der Waals surface area contributed by atoms with E-state index in [1.54, 1.807) is 50.2 Å². The first kappa shape index (κ1) is 20.9. The van der Waals surface area contributed by atoms with Crippen LogP contribution in [0.4, 0.5) is 0 Å². The van der Waals surface area contributed by atoms with Crippen molar-refractivity contribution in [2.75, 3.05) is 6.26 Å². The SMILES string of the molecule is CC(NC(=O)[C@H](C)NC(=O)c1ccccc1Cl)c1ccc(S(C)(=O)=O)cc1. The van der Waals surface area contributed by atoms with E-state index in [1.165, 1.54) is 12.1 Å². The van der Waals surface area contributed by atoms with Crippen LogP contribution in [0.25, 0.3) is 0 Å². The molecule has 0 saturated heterocycles. The van der Waals surface area contributed by atoms with E-state index in [1.807, 2.05) is 0 Å². The summed E-state index contributed by atoms with van der Waals surface area (Å²) in [6.07, 6.45) is 1.14. The minimum atomic E-state index is -3.27. The van der Waals surface area contributed by atoms with Crippen molar-refractivity contribution in [1.29, 1.82) is 0 Å². The molecule has 144 valence electrons. The molecule has 0 fully saturated rings. The molecule has 2 aromatic carbocycles. The van der Waals surface area contributed by atoms with E-state index in [2.05, 4.69) is 10.6 Å². The second-order valence-corrected chi connectivity index (χ2v) is 8.67. The van der Waals surface area contributed by atoms with E-state index in [-0.39, 0.29) is 16.8 Å². The smallest absolute Gasteiger partial charge is 0.253 e. The van der Waals surface area contributed by atoms with Gasteiger partial charge in [-0.25, -0.2) is 8.42 Å². The standard InChI is InChI=1S/C19H21ClN2O4S/c1-12(14-8-10-15(11-9-14)27(3,25)26)21-18(23)13(2)22-19(24)16-6-4-5-7-17(16)20/h4-13H,1-3H3,(H,21,23)(H,22,24)/t12?,13-/m0/s1. The summed E-state index contributed by atoms with van der Waals surface area (Å²) in [5, 5.41) is 5.70. The molecule has 0 aliphatic rings. The van der Waals surface area contributed by atoms with Gasteiger partial charge in [-0.05, 0) is 43.7 Å². The summed E-state index contributed by atoms with van der Waals surface area (Å²) in [6, 6.07) is 11.7. The monoisotopic (exact) mass is 408 g/mol. The van der Waals surface area contributed by atoms with Crippen LogP contribution in [-0.2, 0) is 14.6 Å². The number of sulfone groups is 1. The molecule has 2 N–H and O–H groups in total. The van der Waals surface area contributed by atoms with Gasteiger partial charge in [0.05, 0.1) is 21.5 Å². The minimum absolute atomic E-state index is 0.213. The van der Waals surface area contributed by atoms with E-state index >= 15 is 0 Å². The van der Waals surface area contributed by atoms with Crippen LogP contribution in [0, 0.1) is 0 Å². The van der Waals surface area contributed by atoms with Crippen LogP contribution >= 0.6 is 11.6 Å². The lowest BCUT2D eigenvalue weighted by Crippen LogP contribution is -2.45. The van der Waals surface area contributed by atoms with Crippen LogP contribution in [0.2, 0.25) is 5.02 Å². The molecule has 0 saturated carbocycles. The lowest BCUT2D eigenvalue weighted by Gasteiger charge is -2.19. The maximum absolute atomic E-state index is 12.3. The van der Waals surface area contributed by atoms with Gasteiger partial charge in [0.15, 0.2) is 9.84 Å². The van der Waals surface area contributed by atoms with Gasteiger partial charge in [-0.1, -0.05) is 35.9 Å². The zero-order valence-electron chi connectivity index (χ0n) is 15.2. The Kier molecular flexibility index (Phi) is 6.62. The average molecular weight is 409 g/mol. The Morgan fingerprint density at radius 1 is 0.963 bits per heavy atom. The number of amides is 2. The molecule has 0 radical (unpaired) electrons. The highest BCUT2D eigenvalue weighted by Gasteiger charge is 2.20. The quantitative estimate of drug-likeness (QED) is 0.768. The molecule has 0 spiro atoms. The molecule has 2 aromatic rings. The topological polar surface area (TPSA) is 92.3 Å². The number of nitrogens with one attached hydrogen (secondary N) is 2. The van der Waals surface area contributed by atoms with E-state index in [0.29, 0.717) is 10.6 Å². The molecule has 2 rings (SSSR count). The van der Waals surface area contributed by atoms with E-state index in [0.717, 1.165) is 11.8 Å². The van der Waals surface area contributed by atoms with Gasteiger partial charge in [-0.2, -0.15) is 0 Å². The molecule has 1 unspecified atom stereocenters. The summed E-state index contributed by atoms with van der Waals surface area (Å²) in [6.45, 7) is 3.35. The summed E-state index contributed by atoms with van der Waals surface area (Å²) in [5.74, 6) is -0.802. The number of halogens is 1. The van der Waals surface area contributed by atoms with Gasteiger partial charge in [0, 0.05) is 6.26 Å². The molecule has 0 aromatic heterocycles. The third-order valence-corrected chi connectivity index (χ3v) is 5.48. The van der Waals surface area contributed by atoms with E-state index < -0.39 is 21.8 Å². The molecule has 0 aliphatic heterocycles. The van der Waals surface area contributed by atoms with Gasteiger partial charge in [0.2, 0.25) is 5.91 Å². The second-order valence-electron chi connectivity index (χ2n) is 6.25. The third-order valence-electron chi connectivity index (χ3n) is 4.03. The van der Waals surface area contributed by atoms with Crippen molar-refractivity contribution >= 4 is 33.3 Å². The number of hydrogen-bond acceptors (Lipinski definition) is 4. The molecule has 2 atom stereocenters. The van der Waals surface area contributed by atoms with Gasteiger partial charge < -0.3 is 10.6 Å². The Balaban J connectivity index is 1.99. The zero-order valence-corrected chi connectivity index (χ0v) is 16.8. The number of rotatable bonds is 6. The highest BCUT2D eigenvalue weighted by atomic mass is 35.5. The molecule has 0 heterocycles. The molecule has 8 heteroatoms. The van der Waals surface area contributed by atoms with Gasteiger partial charge in [0.1, 0.15) is 6.04 Å². The van der Waals surface area contributed by atoms with E-state index in [4.69, 9.17) is 11.6 Å². The van der Waals surface area contributed by atoms with Crippen LogP contribution in [-0.4, -0.2) is 32.5 Å². The summed E-state index contributed by atoms with van der Waals surface area (Å²) in [4.78, 5) is 24.8. The number of carbonyl (C=O) groups is 2. The molecule has 6 nitrogen and oxygen atoms in total. The fraction of sp³-hybridized carbons (Fsp3) is 0.263. The maximum Gasteiger partial charge on any atom is 0.253 e. The van der Waals surface area contributed by atoms with Crippen molar-refractivity contribution in [2.45, 2.75) is 30.8 Å². The Labute approximate surface area is 163 Å². The van der Waals surface area contributed by atoms with Gasteiger partial charge in [0.25, 0.3) is 5.91 Å². The maximum atomic E-state index is 12.3. The van der Waals surface area contributed by atoms with Crippen LogP contribution in [0.5, 0.6) is 0 Å². The van der Waals surface area contributed by atoms with Crippen molar-refractivity contribution in [3.63, 3.8) is 0 Å². The van der Waals surface area contributed by atoms with Gasteiger partial charge in [-0.3, -0.25) is 9.59 Å². The lowest BCUT2D eigenvalue weighted by atomic mass is 10.1. The molecular weight excluding hydrogens is 388 g/mol. The Bertz CT molecular complexity index is 942. The molecule has 2 amide bonds. The Hall–Kier alpha value is -2.38. The minimum Gasteiger partial charge on any atom is -0.348 e. The van der Waals surface area contributed by atoms with Crippen molar-refractivity contribution in [1.82, 2.24) is 10.6 Å². The first-order valence-corrected chi connectivity index (χ1v) is 10.5. The van der Waals surface area contributed by atoms with Gasteiger partial charge in [-0.15, -0.1) is 0 Å². The fourth-order valence-electron chi connectivity index (χ4n) is 2.41. The summed E-state index contributed by atoms with van der Waals surface area (Å²) in [5.41, 5.74) is 1.05. The molecular formula is C19H21ClN2O4S. The predicted octanol–water partition coefficient (Wildman–Crippen LogP) is 2.74. The number of benzene rings is 2. The summed E-state index contributed by atoms with van der Waals surface area (Å²) < 4.78 is 23.0. The summed E-state index contributed by atoms with van der Waals surface area (Å²) in [7, 11) is -3.27. The molecule has 0 aliphatic carbocycles. The lowest BCUT2D eigenvalue weighted by molar-refractivity contribution is -0.123. The largest absolute Gasteiger partial charge is 0.348 e. The molecule has 27 heavy (non-hydrogen) atoms. The Morgan fingerprint density at radius 2 is 1.56 bits per heavy atom. The van der Waals surface area contributed by atoms with Gasteiger partial charge >= 0.3 is 0 Å². The zero-order chi connectivity index (χ0) is 20.2. The highest BCUT2D eigenvalue weighted by Crippen LogP contribution is 2.17. The second kappa shape index (κ2) is 8.54. The van der Waals surface area contributed by atoms with Crippen LogP contribution in [0.3, 0.4) is 0 Å². The first-order valence-electron chi connectivity index (χ1n) is 8.25. The third kappa shape index (κ3) is 5.55. The van der Waals surface area contributed by atoms with Crippen molar-refractivity contribution in [2.24, 2.45) is 0 Å². The van der Waals surface area contributed by atoms with Crippen LogP contribution in [0.15, 0.2) is 53.4 Å². The molecule has 0 bridgehead atoms. The van der Waals surface area contributed by atoms with Crippen LogP contribution < -0.4 is 10.6 Å². The normalized spacial score (nSPS) is 13.5. The summed E-state index contributed by atoms with van der Waals surface area (Å²) >= 11 is 5.99. The van der Waals surface area contributed by atoms with Crippen molar-refractivity contribution < 1.29 is 18.0 Å².